The highest BCUT2D eigenvalue weighted by atomic mass is 32.2. The lowest BCUT2D eigenvalue weighted by atomic mass is 10.2. The monoisotopic (exact) mass is 310 g/mol. The van der Waals surface area contributed by atoms with Crippen LogP contribution in [0.25, 0.3) is 0 Å². The summed E-state index contributed by atoms with van der Waals surface area (Å²) < 4.78 is 0. The zero-order valence-electron chi connectivity index (χ0n) is 11.8. The van der Waals surface area contributed by atoms with Crippen molar-refractivity contribution in [2.45, 2.75) is 12.5 Å². The number of rotatable bonds is 5. The van der Waals surface area contributed by atoms with Crippen molar-refractivity contribution in [3.8, 4) is 0 Å². The molecule has 0 bridgehead atoms. The van der Waals surface area contributed by atoms with Gasteiger partial charge < -0.3 is 14.9 Å². The SMILES string of the molecule is CN(CC(=O)N1CCSCC1CC(=O)O)c1ncccn1. The van der Waals surface area contributed by atoms with Crippen molar-refractivity contribution in [2.75, 3.05) is 36.5 Å². The first-order chi connectivity index (χ1) is 10.1. The van der Waals surface area contributed by atoms with Crippen LogP contribution in [0.4, 0.5) is 5.95 Å². The summed E-state index contributed by atoms with van der Waals surface area (Å²) in [5, 5.41) is 8.95. The topological polar surface area (TPSA) is 86.6 Å². The van der Waals surface area contributed by atoms with E-state index in [1.54, 1.807) is 47.1 Å². The van der Waals surface area contributed by atoms with E-state index in [9.17, 15) is 9.59 Å². The van der Waals surface area contributed by atoms with Crippen LogP contribution in [0.3, 0.4) is 0 Å². The lowest BCUT2D eigenvalue weighted by molar-refractivity contribution is -0.140. The number of aliphatic carboxylic acids is 1. The zero-order chi connectivity index (χ0) is 15.2. The number of hydrogen-bond donors (Lipinski definition) is 1. The van der Waals surface area contributed by atoms with E-state index in [2.05, 4.69) is 9.97 Å². The number of aromatic nitrogens is 2. The molecule has 114 valence electrons. The minimum Gasteiger partial charge on any atom is -0.481 e. The third-order valence-electron chi connectivity index (χ3n) is 3.22. The van der Waals surface area contributed by atoms with Gasteiger partial charge in [0.05, 0.1) is 19.0 Å². The molecule has 1 N–H and O–H groups in total. The fourth-order valence-electron chi connectivity index (χ4n) is 2.21. The van der Waals surface area contributed by atoms with Gasteiger partial charge in [-0.3, -0.25) is 9.59 Å². The maximum Gasteiger partial charge on any atom is 0.305 e. The Labute approximate surface area is 127 Å². The third-order valence-corrected chi connectivity index (χ3v) is 4.32. The van der Waals surface area contributed by atoms with Gasteiger partial charge in [-0.25, -0.2) is 9.97 Å². The van der Waals surface area contributed by atoms with Crippen molar-refractivity contribution in [3.63, 3.8) is 0 Å². The average molecular weight is 310 g/mol. The maximum absolute atomic E-state index is 12.4. The second-order valence-corrected chi connectivity index (χ2v) is 5.97. The van der Waals surface area contributed by atoms with Gasteiger partial charge in [0, 0.05) is 37.5 Å². The first-order valence-electron chi connectivity index (χ1n) is 6.65. The molecule has 2 heterocycles. The summed E-state index contributed by atoms with van der Waals surface area (Å²) in [5.74, 6) is 1.03. The number of amides is 1. The van der Waals surface area contributed by atoms with E-state index in [1.165, 1.54) is 0 Å². The summed E-state index contributed by atoms with van der Waals surface area (Å²) in [6, 6.07) is 1.48. The van der Waals surface area contributed by atoms with Gasteiger partial charge in [0.2, 0.25) is 11.9 Å². The molecule has 0 saturated carbocycles. The molecule has 1 aromatic heterocycles. The average Bonchev–Trinajstić information content (AvgIpc) is 2.48. The van der Waals surface area contributed by atoms with Crippen LogP contribution >= 0.6 is 11.8 Å². The van der Waals surface area contributed by atoms with Gasteiger partial charge >= 0.3 is 5.97 Å². The Balaban J connectivity index is 1.98. The Morgan fingerprint density at radius 1 is 1.48 bits per heavy atom. The Kier molecular flexibility index (Phi) is 5.38. The summed E-state index contributed by atoms with van der Waals surface area (Å²) in [4.78, 5) is 34.8. The second-order valence-electron chi connectivity index (χ2n) is 4.82. The molecular weight excluding hydrogens is 292 g/mol. The first kappa shape index (κ1) is 15.6. The molecule has 0 aromatic carbocycles. The van der Waals surface area contributed by atoms with Gasteiger partial charge in [-0.1, -0.05) is 0 Å². The van der Waals surface area contributed by atoms with Gasteiger partial charge in [0.15, 0.2) is 0 Å². The second kappa shape index (κ2) is 7.26. The molecule has 1 fully saturated rings. The molecule has 1 atom stereocenters. The van der Waals surface area contributed by atoms with E-state index in [1.807, 2.05) is 0 Å². The number of likely N-dealkylation sites (N-methyl/N-ethyl adjacent to an activating group) is 1. The fourth-order valence-corrected chi connectivity index (χ4v) is 3.27. The molecule has 1 aliphatic heterocycles. The van der Waals surface area contributed by atoms with Crippen LogP contribution in [-0.2, 0) is 9.59 Å². The van der Waals surface area contributed by atoms with Crippen LogP contribution < -0.4 is 4.90 Å². The van der Waals surface area contributed by atoms with Crippen molar-refractivity contribution in [2.24, 2.45) is 0 Å². The highest BCUT2D eigenvalue weighted by molar-refractivity contribution is 7.99. The van der Waals surface area contributed by atoms with E-state index in [-0.39, 0.29) is 24.9 Å². The standard InChI is InChI=1S/C13H18N4O3S/c1-16(13-14-3-2-4-15-13)8-11(18)17-5-6-21-9-10(17)7-12(19)20/h2-4,10H,5-9H2,1H3,(H,19,20). The molecule has 1 saturated heterocycles. The summed E-state index contributed by atoms with van der Waals surface area (Å²) in [6.45, 7) is 0.732. The summed E-state index contributed by atoms with van der Waals surface area (Å²) >= 11 is 1.69. The van der Waals surface area contributed by atoms with Crippen LogP contribution in [0.2, 0.25) is 0 Å². The molecule has 0 aliphatic carbocycles. The smallest absolute Gasteiger partial charge is 0.305 e. The largest absolute Gasteiger partial charge is 0.481 e. The Morgan fingerprint density at radius 3 is 2.86 bits per heavy atom. The molecule has 0 radical (unpaired) electrons. The third kappa shape index (κ3) is 4.32. The van der Waals surface area contributed by atoms with Crippen LogP contribution in [-0.4, -0.2) is 69.5 Å². The highest BCUT2D eigenvalue weighted by Crippen LogP contribution is 2.19. The lowest BCUT2D eigenvalue weighted by Gasteiger charge is -2.35. The molecule has 0 spiro atoms. The van der Waals surface area contributed by atoms with Gasteiger partial charge in [0.25, 0.3) is 0 Å². The van der Waals surface area contributed by atoms with E-state index in [0.29, 0.717) is 18.2 Å². The van der Waals surface area contributed by atoms with Crippen molar-refractivity contribution >= 4 is 29.6 Å². The normalized spacial score (nSPS) is 18.3. The number of carbonyl (C=O) groups is 2. The molecule has 7 nitrogen and oxygen atoms in total. The van der Waals surface area contributed by atoms with Gasteiger partial charge in [0.1, 0.15) is 0 Å². The molecule has 1 unspecified atom stereocenters. The Bertz CT molecular complexity index is 499. The predicted molar refractivity (Wildman–Crippen MR) is 80.4 cm³/mol. The van der Waals surface area contributed by atoms with Crippen LogP contribution in [0.1, 0.15) is 6.42 Å². The lowest BCUT2D eigenvalue weighted by Crippen LogP contribution is -2.50. The summed E-state index contributed by atoms with van der Waals surface area (Å²) in [5.41, 5.74) is 0. The molecular formula is C13H18N4O3S. The minimum absolute atomic E-state index is 0.00963. The molecule has 21 heavy (non-hydrogen) atoms. The summed E-state index contributed by atoms with van der Waals surface area (Å²) in [7, 11) is 1.75. The number of hydrogen-bond acceptors (Lipinski definition) is 6. The van der Waals surface area contributed by atoms with E-state index < -0.39 is 5.97 Å². The molecule has 1 aliphatic rings. The van der Waals surface area contributed by atoms with Gasteiger partial charge in [-0.05, 0) is 6.07 Å². The number of carboxylic acid groups (broad SMARTS) is 1. The van der Waals surface area contributed by atoms with Crippen molar-refractivity contribution in [1.29, 1.82) is 0 Å². The number of nitrogens with zero attached hydrogens (tertiary/aromatic N) is 4. The molecule has 1 amide bonds. The van der Waals surface area contributed by atoms with Crippen LogP contribution in [0.15, 0.2) is 18.5 Å². The van der Waals surface area contributed by atoms with Crippen molar-refractivity contribution < 1.29 is 14.7 Å². The van der Waals surface area contributed by atoms with Gasteiger partial charge in [-0.15, -0.1) is 0 Å². The summed E-state index contributed by atoms with van der Waals surface area (Å²) in [6.07, 6.45) is 3.23. The number of carbonyl (C=O) groups excluding carboxylic acids is 1. The Hall–Kier alpha value is -1.83. The quantitative estimate of drug-likeness (QED) is 0.838. The van der Waals surface area contributed by atoms with Crippen LogP contribution in [0.5, 0.6) is 0 Å². The Morgan fingerprint density at radius 2 is 2.19 bits per heavy atom. The molecule has 8 heteroatoms. The zero-order valence-corrected chi connectivity index (χ0v) is 12.6. The van der Waals surface area contributed by atoms with Gasteiger partial charge in [-0.2, -0.15) is 11.8 Å². The van der Waals surface area contributed by atoms with Crippen LogP contribution in [0, 0.1) is 0 Å². The van der Waals surface area contributed by atoms with Crippen molar-refractivity contribution in [1.82, 2.24) is 14.9 Å². The molecule has 1 aromatic rings. The van der Waals surface area contributed by atoms with Crippen molar-refractivity contribution in [3.05, 3.63) is 18.5 Å². The highest BCUT2D eigenvalue weighted by Gasteiger charge is 2.29. The minimum atomic E-state index is -0.875. The number of thioether (sulfide) groups is 1. The van der Waals surface area contributed by atoms with E-state index >= 15 is 0 Å². The van der Waals surface area contributed by atoms with E-state index in [4.69, 9.17) is 5.11 Å². The number of anilines is 1. The first-order valence-corrected chi connectivity index (χ1v) is 7.80. The maximum atomic E-state index is 12.4. The fraction of sp³-hybridized carbons (Fsp3) is 0.538. The number of carboxylic acids is 1. The van der Waals surface area contributed by atoms with E-state index in [0.717, 1.165) is 5.75 Å². The molecule has 2 rings (SSSR count). The predicted octanol–water partition coefficient (Wildman–Crippen LogP) is 0.332.